The van der Waals surface area contributed by atoms with Gasteiger partial charge in [-0.3, -0.25) is 0 Å². The molecular weight excluding hydrogens is 252 g/mol. The normalized spacial score (nSPS) is 15.2. The minimum Gasteiger partial charge on any atom is -0.481 e. The summed E-state index contributed by atoms with van der Waals surface area (Å²) in [5.74, 6) is 2.81. The van der Waals surface area contributed by atoms with Gasteiger partial charge in [-0.15, -0.1) is 0 Å². The Hall–Kier alpha value is -0.290. The van der Waals surface area contributed by atoms with Gasteiger partial charge in [0.2, 0.25) is 5.88 Å². The van der Waals surface area contributed by atoms with Crippen molar-refractivity contribution in [3.05, 3.63) is 16.0 Å². The molecule has 1 aromatic heterocycles. The highest BCUT2D eigenvalue weighted by Crippen LogP contribution is 2.30. The Morgan fingerprint density at radius 2 is 2.31 bits per heavy atom. The van der Waals surface area contributed by atoms with Crippen molar-refractivity contribution in [3.8, 4) is 5.88 Å². The Morgan fingerprint density at radius 1 is 1.46 bits per heavy atom. The Bertz CT molecular complexity index is 315. The number of hydrogen-bond donors (Lipinski definition) is 0. The molecule has 0 amide bonds. The first-order valence-corrected chi connectivity index (χ1v) is 5.93. The van der Waals surface area contributed by atoms with Crippen molar-refractivity contribution in [1.29, 1.82) is 0 Å². The number of ether oxygens (including phenoxy) is 1. The van der Waals surface area contributed by atoms with Gasteiger partial charge in [0.15, 0.2) is 4.73 Å². The monoisotopic (exact) mass is 260 g/mol. The fourth-order valence-electron chi connectivity index (χ4n) is 1.34. The third-order valence-corrected chi connectivity index (χ3v) is 3.29. The van der Waals surface area contributed by atoms with Gasteiger partial charge in [-0.05, 0) is 28.1 Å². The molecule has 1 aromatic rings. The Labute approximate surface area is 89.4 Å². The zero-order valence-corrected chi connectivity index (χ0v) is 9.61. The van der Waals surface area contributed by atoms with E-state index in [1.165, 1.54) is 0 Å². The van der Waals surface area contributed by atoms with Crippen LogP contribution < -0.4 is 4.74 Å². The van der Waals surface area contributed by atoms with Crippen molar-refractivity contribution in [3.63, 3.8) is 0 Å². The first kappa shape index (κ1) is 9.27. The predicted molar refractivity (Wildman–Crippen MR) is 56.2 cm³/mol. The first-order valence-electron chi connectivity index (χ1n) is 3.98. The molecule has 0 N–H and O–H groups in total. The van der Waals surface area contributed by atoms with E-state index in [2.05, 4.69) is 25.9 Å². The molecule has 70 valence electrons. The molecule has 0 radical (unpaired) electrons. The summed E-state index contributed by atoms with van der Waals surface area (Å²) in [6.45, 7) is 0. The molecule has 5 heteroatoms. The van der Waals surface area contributed by atoms with Gasteiger partial charge in [0.05, 0.1) is 12.8 Å². The molecule has 0 saturated heterocycles. The second-order valence-electron chi connectivity index (χ2n) is 2.73. The third-order valence-electron chi connectivity index (χ3n) is 1.95. The van der Waals surface area contributed by atoms with Crippen molar-refractivity contribution in [1.82, 2.24) is 9.97 Å². The van der Waals surface area contributed by atoms with E-state index in [1.54, 1.807) is 7.11 Å². The Balaban J connectivity index is 2.50. The quantitative estimate of drug-likeness (QED) is 0.724. The second kappa shape index (κ2) is 3.84. The number of aromatic nitrogens is 2. The lowest BCUT2D eigenvalue weighted by Gasteiger charge is -2.16. The average Bonchev–Trinajstić information content (AvgIpc) is 2.16. The minimum atomic E-state index is 0.620. The number of methoxy groups -OCH3 is 1. The van der Waals surface area contributed by atoms with Crippen LogP contribution in [0.3, 0.4) is 0 Å². The zero-order valence-electron chi connectivity index (χ0n) is 7.21. The number of aryl methyl sites for hydroxylation is 1. The zero-order chi connectivity index (χ0) is 9.26. The highest BCUT2D eigenvalue weighted by Gasteiger charge is 2.17. The van der Waals surface area contributed by atoms with Crippen LogP contribution in [0, 0.1) is 0 Å². The van der Waals surface area contributed by atoms with Crippen LogP contribution >= 0.6 is 27.7 Å². The van der Waals surface area contributed by atoms with Gasteiger partial charge in [-0.2, -0.15) is 16.7 Å². The molecule has 1 aliphatic rings. The van der Waals surface area contributed by atoms with Crippen LogP contribution in [0.5, 0.6) is 5.88 Å². The van der Waals surface area contributed by atoms with Crippen LogP contribution in [-0.2, 0) is 12.2 Å². The summed E-state index contributed by atoms with van der Waals surface area (Å²) in [6, 6.07) is 0. The van der Waals surface area contributed by atoms with Crippen molar-refractivity contribution in [2.75, 3.05) is 12.9 Å². The lowest BCUT2D eigenvalue weighted by atomic mass is 10.2. The summed E-state index contributed by atoms with van der Waals surface area (Å²) in [6.07, 6.45) is 1.01. The summed E-state index contributed by atoms with van der Waals surface area (Å²) >= 11 is 5.17. The number of rotatable bonds is 1. The van der Waals surface area contributed by atoms with E-state index in [4.69, 9.17) is 4.74 Å². The van der Waals surface area contributed by atoms with Crippen molar-refractivity contribution < 1.29 is 4.74 Å². The summed E-state index contributed by atoms with van der Waals surface area (Å²) in [5.41, 5.74) is 2.28. The van der Waals surface area contributed by atoms with E-state index in [9.17, 15) is 0 Å². The highest BCUT2D eigenvalue weighted by atomic mass is 79.9. The molecule has 0 aliphatic carbocycles. The number of nitrogens with zero attached hydrogens (tertiary/aromatic N) is 2. The van der Waals surface area contributed by atoms with Crippen molar-refractivity contribution >= 4 is 27.7 Å². The number of thioether (sulfide) groups is 1. The summed E-state index contributed by atoms with van der Waals surface area (Å²) in [5, 5.41) is 0. The molecule has 0 unspecified atom stereocenters. The van der Waals surface area contributed by atoms with Gasteiger partial charge >= 0.3 is 0 Å². The maximum atomic E-state index is 5.20. The minimum absolute atomic E-state index is 0.620. The van der Waals surface area contributed by atoms with E-state index in [1.807, 2.05) is 11.8 Å². The van der Waals surface area contributed by atoms with E-state index < -0.39 is 0 Å². The Kier molecular flexibility index (Phi) is 2.74. The summed E-state index contributed by atoms with van der Waals surface area (Å²) in [4.78, 5) is 8.51. The van der Waals surface area contributed by atoms with Gasteiger partial charge in [0.25, 0.3) is 0 Å². The first-order chi connectivity index (χ1) is 6.31. The SMILES string of the molecule is COc1nc(Br)nc2c1CSCC2. The van der Waals surface area contributed by atoms with Crippen LogP contribution in [0.4, 0.5) is 0 Å². The van der Waals surface area contributed by atoms with Crippen LogP contribution in [0.2, 0.25) is 0 Å². The molecule has 0 bridgehead atoms. The van der Waals surface area contributed by atoms with Gasteiger partial charge in [-0.25, -0.2) is 4.98 Å². The van der Waals surface area contributed by atoms with E-state index in [0.717, 1.165) is 29.2 Å². The third kappa shape index (κ3) is 1.81. The molecule has 0 atom stereocenters. The van der Waals surface area contributed by atoms with Gasteiger partial charge in [0, 0.05) is 11.3 Å². The summed E-state index contributed by atoms with van der Waals surface area (Å²) in [7, 11) is 1.65. The number of fused-ring (bicyclic) bond motifs is 1. The standard InChI is InChI=1S/C8H9BrN2OS/c1-12-7-5-4-13-3-2-6(5)10-8(9)11-7/h2-4H2,1H3. The average molecular weight is 261 g/mol. The van der Waals surface area contributed by atoms with Gasteiger partial charge in [0.1, 0.15) is 0 Å². The molecule has 0 fully saturated rings. The van der Waals surface area contributed by atoms with E-state index in [0.29, 0.717) is 10.6 Å². The smallest absolute Gasteiger partial charge is 0.221 e. The maximum Gasteiger partial charge on any atom is 0.221 e. The lowest BCUT2D eigenvalue weighted by molar-refractivity contribution is 0.390. The molecule has 2 heterocycles. The number of halogens is 1. The molecule has 3 nitrogen and oxygen atoms in total. The lowest BCUT2D eigenvalue weighted by Crippen LogP contribution is -2.09. The highest BCUT2D eigenvalue weighted by molar-refractivity contribution is 9.10. The largest absolute Gasteiger partial charge is 0.481 e. The molecule has 0 aromatic carbocycles. The maximum absolute atomic E-state index is 5.20. The van der Waals surface area contributed by atoms with Crippen LogP contribution in [0.1, 0.15) is 11.3 Å². The molecule has 13 heavy (non-hydrogen) atoms. The van der Waals surface area contributed by atoms with Gasteiger partial charge in [-0.1, -0.05) is 0 Å². The van der Waals surface area contributed by atoms with Crippen molar-refractivity contribution in [2.45, 2.75) is 12.2 Å². The predicted octanol–water partition coefficient (Wildman–Crippen LogP) is 2.04. The van der Waals surface area contributed by atoms with E-state index in [-0.39, 0.29) is 0 Å². The van der Waals surface area contributed by atoms with Crippen LogP contribution in [0.25, 0.3) is 0 Å². The van der Waals surface area contributed by atoms with Crippen LogP contribution in [-0.4, -0.2) is 22.8 Å². The topological polar surface area (TPSA) is 35.0 Å². The molecular formula is C8H9BrN2OS. The summed E-state index contributed by atoms with van der Waals surface area (Å²) < 4.78 is 5.82. The van der Waals surface area contributed by atoms with E-state index >= 15 is 0 Å². The number of hydrogen-bond acceptors (Lipinski definition) is 4. The van der Waals surface area contributed by atoms with Gasteiger partial charge < -0.3 is 4.74 Å². The molecule has 2 rings (SSSR count). The van der Waals surface area contributed by atoms with Crippen LogP contribution in [0.15, 0.2) is 4.73 Å². The molecule has 0 saturated carbocycles. The second-order valence-corrected chi connectivity index (χ2v) is 4.54. The fourth-order valence-corrected chi connectivity index (χ4v) is 2.69. The molecule has 1 aliphatic heterocycles. The molecule has 0 spiro atoms. The fraction of sp³-hybridized carbons (Fsp3) is 0.500. The van der Waals surface area contributed by atoms with Crippen molar-refractivity contribution in [2.24, 2.45) is 0 Å². The Morgan fingerprint density at radius 3 is 3.08 bits per heavy atom.